The van der Waals surface area contributed by atoms with Gasteiger partial charge in [0, 0.05) is 18.1 Å². The van der Waals surface area contributed by atoms with Crippen molar-refractivity contribution < 1.29 is 4.79 Å². The van der Waals surface area contributed by atoms with Crippen LogP contribution < -0.4 is 11.1 Å². The molecular weight excluding hydrogens is 250 g/mol. The average molecular weight is 283 g/mol. The van der Waals surface area contributed by atoms with Gasteiger partial charge < -0.3 is 16.0 Å². The lowest BCUT2D eigenvalue weighted by atomic mass is 9.77. The highest BCUT2D eigenvalue weighted by molar-refractivity contribution is 5.85. The van der Waals surface area contributed by atoms with Crippen molar-refractivity contribution in [1.82, 2.24) is 10.2 Å². The van der Waals surface area contributed by atoms with Crippen LogP contribution in [0.3, 0.4) is 0 Å². The van der Waals surface area contributed by atoms with Crippen molar-refractivity contribution in [3.8, 4) is 0 Å². The van der Waals surface area contributed by atoms with Crippen LogP contribution in [-0.2, 0) is 4.79 Å². The lowest BCUT2D eigenvalue weighted by molar-refractivity contribution is -0.127. The summed E-state index contributed by atoms with van der Waals surface area (Å²) in [5.74, 6) is 0.421. The molecular formula is C16H33N3O. The molecule has 0 aromatic carbocycles. The predicted molar refractivity (Wildman–Crippen MR) is 84.5 cm³/mol. The van der Waals surface area contributed by atoms with Gasteiger partial charge in [0.25, 0.3) is 0 Å². The number of nitrogens with one attached hydrogen (secondary N) is 1. The van der Waals surface area contributed by atoms with Crippen LogP contribution in [0.4, 0.5) is 0 Å². The summed E-state index contributed by atoms with van der Waals surface area (Å²) in [7, 11) is 2.18. The molecule has 0 aromatic heterocycles. The van der Waals surface area contributed by atoms with Crippen LogP contribution in [0.5, 0.6) is 0 Å². The predicted octanol–water partition coefficient (Wildman–Crippen LogP) is 2.13. The van der Waals surface area contributed by atoms with E-state index in [-0.39, 0.29) is 11.9 Å². The minimum absolute atomic E-state index is 0.193. The van der Waals surface area contributed by atoms with E-state index in [2.05, 4.69) is 51.9 Å². The molecule has 0 aliphatic heterocycles. The fourth-order valence-electron chi connectivity index (χ4n) is 3.37. The first-order chi connectivity index (χ1) is 9.19. The van der Waals surface area contributed by atoms with Crippen molar-refractivity contribution >= 4 is 5.91 Å². The van der Waals surface area contributed by atoms with E-state index < -0.39 is 5.54 Å². The van der Waals surface area contributed by atoms with Gasteiger partial charge in [0.2, 0.25) is 5.91 Å². The fraction of sp³-hybridized carbons (Fsp3) is 0.938. The number of rotatable bonds is 6. The summed E-state index contributed by atoms with van der Waals surface area (Å²) in [4.78, 5) is 14.5. The third-order valence-electron chi connectivity index (χ3n) is 4.94. The molecule has 118 valence electrons. The first kappa shape index (κ1) is 17.4. The van der Waals surface area contributed by atoms with Gasteiger partial charge in [-0.3, -0.25) is 4.79 Å². The summed E-state index contributed by atoms with van der Waals surface area (Å²) in [5.41, 5.74) is 5.20. The highest BCUT2D eigenvalue weighted by Gasteiger charge is 2.43. The largest absolute Gasteiger partial charge is 0.368 e. The summed E-state index contributed by atoms with van der Waals surface area (Å²) in [6, 6.07) is 1.22. The summed E-state index contributed by atoms with van der Waals surface area (Å²) in [6.45, 7) is 10.9. The van der Waals surface area contributed by atoms with Crippen LogP contribution in [0.1, 0.15) is 60.3 Å². The zero-order chi connectivity index (χ0) is 15.5. The number of carbonyl (C=O) groups excluding carboxylic acids is 1. The molecule has 1 amide bonds. The molecule has 1 fully saturated rings. The van der Waals surface area contributed by atoms with Crippen molar-refractivity contribution in [1.29, 1.82) is 0 Å². The normalized spacial score (nSPS) is 29.1. The SMILES string of the molecule is CC(C)NC1(C(N)=O)CCCC(N(C)C(C)C(C)C)C1. The first-order valence-corrected chi connectivity index (χ1v) is 7.99. The molecule has 3 N–H and O–H groups in total. The van der Waals surface area contributed by atoms with Crippen molar-refractivity contribution in [3.05, 3.63) is 0 Å². The first-order valence-electron chi connectivity index (χ1n) is 7.99. The second-order valence-electron chi connectivity index (χ2n) is 7.15. The Morgan fingerprint density at radius 2 is 1.90 bits per heavy atom. The van der Waals surface area contributed by atoms with E-state index in [4.69, 9.17) is 5.73 Å². The number of hydrogen-bond donors (Lipinski definition) is 2. The Kier molecular flexibility index (Phi) is 6.02. The standard InChI is InChI=1S/C16H33N3O/c1-11(2)13(5)19(6)14-8-7-9-16(10-14,15(17)20)18-12(3)4/h11-14,18H,7-10H2,1-6H3,(H2,17,20). The van der Waals surface area contributed by atoms with E-state index in [0.717, 1.165) is 25.7 Å². The van der Waals surface area contributed by atoms with E-state index >= 15 is 0 Å². The number of amides is 1. The molecule has 1 aliphatic carbocycles. The van der Waals surface area contributed by atoms with Crippen molar-refractivity contribution in [2.75, 3.05) is 7.05 Å². The second-order valence-corrected chi connectivity index (χ2v) is 7.15. The number of hydrogen-bond acceptors (Lipinski definition) is 3. The molecule has 3 unspecified atom stereocenters. The van der Waals surface area contributed by atoms with Crippen molar-refractivity contribution in [2.45, 2.75) is 84.0 Å². The Hall–Kier alpha value is -0.610. The third kappa shape index (κ3) is 3.95. The van der Waals surface area contributed by atoms with E-state index in [1.165, 1.54) is 0 Å². The number of nitrogens with zero attached hydrogens (tertiary/aromatic N) is 1. The Bertz CT molecular complexity index is 330. The van der Waals surface area contributed by atoms with Crippen LogP contribution in [0.25, 0.3) is 0 Å². The Balaban J connectivity index is 2.85. The van der Waals surface area contributed by atoms with Gasteiger partial charge in [-0.25, -0.2) is 0 Å². The lowest BCUT2D eigenvalue weighted by Gasteiger charge is -2.45. The average Bonchev–Trinajstić information content (AvgIpc) is 2.36. The number of nitrogens with two attached hydrogens (primary N) is 1. The van der Waals surface area contributed by atoms with Gasteiger partial charge in [0.1, 0.15) is 0 Å². The van der Waals surface area contributed by atoms with Crippen LogP contribution >= 0.6 is 0 Å². The molecule has 1 rings (SSSR count). The molecule has 0 aromatic rings. The molecule has 3 atom stereocenters. The van der Waals surface area contributed by atoms with E-state index in [0.29, 0.717) is 18.0 Å². The minimum atomic E-state index is -0.526. The monoisotopic (exact) mass is 283 g/mol. The van der Waals surface area contributed by atoms with Gasteiger partial charge in [-0.15, -0.1) is 0 Å². The zero-order valence-corrected chi connectivity index (χ0v) is 14.1. The van der Waals surface area contributed by atoms with Crippen molar-refractivity contribution in [2.24, 2.45) is 11.7 Å². The molecule has 0 heterocycles. The van der Waals surface area contributed by atoms with Crippen LogP contribution in [0.2, 0.25) is 0 Å². The summed E-state index contributed by atoms with van der Waals surface area (Å²) in [6.07, 6.45) is 3.90. The molecule has 1 aliphatic rings. The van der Waals surface area contributed by atoms with Gasteiger partial charge in [0.05, 0.1) is 5.54 Å². The maximum atomic E-state index is 12.0. The number of carbonyl (C=O) groups is 1. The van der Waals surface area contributed by atoms with Crippen molar-refractivity contribution in [3.63, 3.8) is 0 Å². The third-order valence-corrected chi connectivity index (χ3v) is 4.94. The molecule has 4 heteroatoms. The summed E-state index contributed by atoms with van der Waals surface area (Å²) >= 11 is 0. The Morgan fingerprint density at radius 3 is 2.35 bits per heavy atom. The topological polar surface area (TPSA) is 58.4 Å². The highest BCUT2D eigenvalue weighted by Crippen LogP contribution is 2.32. The fourth-order valence-corrected chi connectivity index (χ4v) is 3.37. The van der Waals surface area contributed by atoms with E-state index in [1.807, 2.05) is 0 Å². The molecule has 0 bridgehead atoms. The van der Waals surface area contributed by atoms with E-state index in [9.17, 15) is 4.79 Å². The van der Waals surface area contributed by atoms with Gasteiger partial charge in [0.15, 0.2) is 0 Å². The van der Waals surface area contributed by atoms with Crippen LogP contribution in [0, 0.1) is 5.92 Å². The molecule has 20 heavy (non-hydrogen) atoms. The quantitative estimate of drug-likeness (QED) is 0.785. The Labute approximate surface area is 124 Å². The minimum Gasteiger partial charge on any atom is -0.368 e. The molecule has 4 nitrogen and oxygen atoms in total. The Morgan fingerprint density at radius 1 is 1.30 bits per heavy atom. The molecule has 1 saturated carbocycles. The van der Waals surface area contributed by atoms with Gasteiger partial charge in [-0.1, -0.05) is 13.8 Å². The second kappa shape index (κ2) is 6.90. The molecule has 0 saturated heterocycles. The maximum Gasteiger partial charge on any atom is 0.237 e. The highest BCUT2D eigenvalue weighted by atomic mass is 16.1. The van der Waals surface area contributed by atoms with Gasteiger partial charge in [-0.05, 0) is 59.4 Å². The van der Waals surface area contributed by atoms with Crippen LogP contribution in [-0.4, -0.2) is 41.5 Å². The summed E-state index contributed by atoms with van der Waals surface area (Å²) in [5, 5.41) is 3.45. The number of primary amides is 1. The molecule has 0 spiro atoms. The molecule has 0 radical (unpaired) electrons. The lowest BCUT2D eigenvalue weighted by Crippen LogP contribution is -2.62. The maximum absolute atomic E-state index is 12.0. The van der Waals surface area contributed by atoms with Crippen LogP contribution in [0.15, 0.2) is 0 Å². The van der Waals surface area contributed by atoms with Gasteiger partial charge >= 0.3 is 0 Å². The smallest absolute Gasteiger partial charge is 0.237 e. The summed E-state index contributed by atoms with van der Waals surface area (Å²) < 4.78 is 0. The zero-order valence-electron chi connectivity index (χ0n) is 14.1. The van der Waals surface area contributed by atoms with Gasteiger partial charge in [-0.2, -0.15) is 0 Å². The van der Waals surface area contributed by atoms with E-state index in [1.54, 1.807) is 0 Å².